The number of nitrogens with zero attached hydrogens (tertiary/aromatic N) is 1. The third-order valence-electron chi connectivity index (χ3n) is 1.47. The highest BCUT2D eigenvalue weighted by Gasteiger charge is 2.22. The van der Waals surface area contributed by atoms with Crippen LogP contribution in [0.3, 0.4) is 0 Å². The van der Waals surface area contributed by atoms with Gasteiger partial charge >= 0.3 is 5.69 Å². The molecule has 0 spiro atoms. The molecule has 0 atom stereocenters. The van der Waals surface area contributed by atoms with E-state index in [9.17, 15) is 23.3 Å². The monoisotopic (exact) mass is 269 g/mol. The molecule has 1 aromatic rings. The van der Waals surface area contributed by atoms with Crippen LogP contribution in [-0.2, 0) is 0 Å². The molecule has 76 valence electrons. The zero-order valence-corrected chi connectivity index (χ0v) is 8.09. The van der Waals surface area contributed by atoms with Crippen LogP contribution in [0, 0.1) is 15.9 Å². The molecule has 1 rings (SSSR count). The summed E-state index contributed by atoms with van der Waals surface area (Å²) in [5, 5.41) is 10.3. The fraction of sp³-hybridized carbons (Fsp3) is 0.143. The molecule has 0 bridgehead atoms. The first-order valence-electron chi connectivity index (χ1n) is 3.35. The van der Waals surface area contributed by atoms with Crippen LogP contribution in [0.4, 0.5) is 18.9 Å². The van der Waals surface area contributed by atoms with Gasteiger partial charge in [0.25, 0.3) is 6.43 Å². The van der Waals surface area contributed by atoms with Gasteiger partial charge < -0.3 is 0 Å². The second-order valence-electron chi connectivity index (χ2n) is 2.39. The van der Waals surface area contributed by atoms with Gasteiger partial charge in [-0.15, -0.1) is 0 Å². The van der Waals surface area contributed by atoms with Crippen molar-refractivity contribution >= 4 is 21.6 Å². The van der Waals surface area contributed by atoms with Gasteiger partial charge in [0.1, 0.15) is 0 Å². The van der Waals surface area contributed by atoms with Crippen molar-refractivity contribution in [3.05, 3.63) is 38.1 Å². The zero-order valence-electron chi connectivity index (χ0n) is 6.51. The lowest BCUT2D eigenvalue weighted by Gasteiger charge is -2.02. The zero-order chi connectivity index (χ0) is 10.9. The van der Waals surface area contributed by atoms with Crippen LogP contribution in [0.2, 0.25) is 0 Å². The summed E-state index contributed by atoms with van der Waals surface area (Å²) in [5.41, 5.74) is -1.44. The van der Waals surface area contributed by atoms with Crippen LogP contribution < -0.4 is 0 Å². The first-order valence-corrected chi connectivity index (χ1v) is 4.14. The maximum absolute atomic E-state index is 12.9. The third-order valence-corrected chi connectivity index (χ3v) is 2.08. The fourth-order valence-electron chi connectivity index (χ4n) is 0.886. The van der Waals surface area contributed by atoms with Gasteiger partial charge in [0.05, 0.1) is 9.40 Å². The van der Waals surface area contributed by atoms with E-state index in [4.69, 9.17) is 0 Å². The Morgan fingerprint density at radius 3 is 2.36 bits per heavy atom. The van der Waals surface area contributed by atoms with E-state index in [1.807, 2.05) is 0 Å². The third kappa shape index (κ3) is 2.03. The molecular formula is C7H3BrF3NO2. The van der Waals surface area contributed by atoms with Gasteiger partial charge in [0.15, 0.2) is 0 Å². The van der Waals surface area contributed by atoms with Gasteiger partial charge in [-0.3, -0.25) is 10.1 Å². The molecule has 0 aromatic heterocycles. The molecule has 0 saturated carbocycles. The second kappa shape index (κ2) is 3.95. The van der Waals surface area contributed by atoms with E-state index in [-0.39, 0.29) is 4.47 Å². The molecule has 0 unspecified atom stereocenters. The maximum atomic E-state index is 12.9. The number of nitro groups is 1. The van der Waals surface area contributed by atoms with E-state index < -0.39 is 28.4 Å². The van der Waals surface area contributed by atoms with E-state index >= 15 is 0 Å². The Kier molecular flexibility index (Phi) is 3.10. The summed E-state index contributed by atoms with van der Waals surface area (Å²) in [4.78, 5) is 9.29. The number of hydrogen-bond donors (Lipinski definition) is 0. The van der Waals surface area contributed by atoms with Gasteiger partial charge in [-0.2, -0.15) is 4.39 Å². The Balaban J connectivity index is 3.32. The van der Waals surface area contributed by atoms with Crippen molar-refractivity contribution in [2.75, 3.05) is 0 Å². The van der Waals surface area contributed by atoms with Gasteiger partial charge in [-0.05, 0) is 28.1 Å². The van der Waals surface area contributed by atoms with Crippen molar-refractivity contribution in [1.82, 2.24) is 0 Å². The molecule has 0 radical (unpaired) electrons. The van der Waals surface area contributed by atoms with E-state index in [0.29, 0.717) is 6.07 Å². The van der Waals surface area contributed by atoms with Crippen LogP contribution >= 0.6 is 15.9 Å². The summed E-state index contributed by atoms with van der Waals surface area (Å²) in [5.74, 6) is -1.28. The second-order valence-corrected chi connectivity index (χ2v) is 3.25. The van der Waals surface area contributed by atoms with E-state index in [0.717, 1.165) is 6.07 Å². The molecule has 0 aliphatic rings. The average molecular weight is 270 g/mol. The number of halogens is 4. The van der Waals surface area contributed by atoms with Crippen LogP contribution in [0.15, 0.2) is 16.6 Å². The summed E-state index contributed by atoms with van der Waals surface area (Å²) in [6, 6.07) is 1.28. The average Bonchev–Trinajstić information content (AvgIpc) is 2.01. The number of nitro benzene ring substituents is 1. The quantitative estimate of drug-likeness (QED) is 0.610. The molecule has 0 saturated heterocycles. The Morgan fingerprint density at radius 2 is 2.00 bits per heavy atom. The SMILES string of the molecule is O=[N+]([O-])c1c(F)cc(C(F)F)cc1Br. The lowest BCUT2D eigenvalue weighted by Crippen LogP contribution is -1.96. The lowest BCUT2D eigenvalue weighted by molar-refractivity contribution is -0.388. The molecular weight excluding hydrogens is 267 g/mol. The Labute approximate surface area is 84.8 Å². The first kappa shape index (κ1) is 11.0. The van der Waals surface area contributed by atoms with E-state index in [1.165, 1.54) is 0 Å². The summed E-state index contributed by atoms with van der Waals surface area (Å²) in [6.07, 6.45) is -2.86. The van der Waals surface area contributed by atoms with Gasteiger partial charge in [-0.1, -0.05) is 0 Å². The molecule has 0 aliphatic heterocycles. The molecule has 7 heteroatoms. The summed E-state index contributed by atoms with van der Waals surface area (Å²) in [7, 11) is 0. The molecule has 0 heterocycles. The smallest absolute Gasteiger partial charge is 0.258 e. The Morgan fingerprint density at radius 1 is 1.43 bits per heavy atom. The standard InChI is InChI=1S/C7H3BrF3NO2/c8-4-1-3(7(10)11)2-5(9)6(4)12(13)14/h1-2,7H. The minimum atomic E-state index is -2.86. The number of benzene rings is 1. The summed E-state index contributed by atoms with van der Waals surface area (Å²) in [6.45, 7) is 0. The molecule has 1 aromatic carbocycles. The number of hydrogen-bond acceptors (Lipinski definition) is 2. The van der Waals surface area contributed by atoms with Gasteiger partial charge in [-0.25, -0.2) is 8.78 Å². The number of rotatable bonds is 2. The van der Waals surface area contributed by atoms with Crippen LogP contribution in [-0.4, -0.2) is 4.92 Å². The largest absolute Gasteiger partial charge is 0.318 e. The molecule has 3 nitrogen and oxygen atoms in total. The van der Waals surface area contributed by atoms with Gasteiger partial charge in [0.2, 0.25) is 5.82 Å². The highest BCUT2D eigenvalue weighted by Crippen LogP contribution is 2.32. The van der Waals surface area contributed by atoms with E-state index in [1.54, 1.807) is 0 Å². The topological polar surface area (TPSA) is 43.1 Å². The summed E-state index contributed by atoms with van der Waals surface area (Å²) >= 11 is 2.65. The normalized spacial score (nSPS) is 10.6. The minimum Gasteiger partial charge on any atom is -0.258 e. The summed E-state index contributed by atoms with van der Waals surface area (Å²) < 4.78 is 36.8. The molecule has 14 heavy (non-hydrogen) atoms. The highest BCUT2D eigenvalue weighted by atomic mass is 79.9. The van der Waals surface area contributed by atoms with Crippen molar-refractivity contribution in [1.29, 1.82) is 0 Å². The molecule has 0 N–H and O–H groups in total. The van der Waals surface area contributed by atoms with Crippen molar-refractivity contribution < 1.29 is 18.1 Å². The predicted octanol–water partition coefficient (Wildman–Crippen LogP) is 3.43. The number of alkyl halides is 2. The predicted molar refractivity (Wildman–Crippen MR) is 45.7 cm³/mol. The first-order chi connectivity index (χ1) is 6.43. The van der Waals surface area contributed by atoms with Crippen molar-refractivity contribution in [3.63, 3.8) is 0 Å². The van der Waals surface area contributed by atoms with Crippen molar-refractivity contribution in [2.45, 2.75) is 6.43 Å². The Bertz CT molecular complexity index is 360. The van der Waals surface area contributed by atoms with Gasteiger partial charge in [0, 0.05) is 5.56 Å². The lowest BCUT2D eigenvalue weighted by atomic mass is 10.2. The van der Waals surface area contributed by atoms with Crippen molar-refractivity contribution in [3.8, 4) is 0 Å². The molecule has 0 fully saturated rings. The highest BCUT2D eigenvalue weighted by molar-refractivity contribution is 9.10. The maximum Gasteiger partial charge on any atom is 0.318 e. The molecule has 0 aliphatic carbocycles. The van der Waals surface area contributed by atoms with Crippen LogP contribution in [0.25, 0.3) is 0 Å². The van der Waals surface area contributed by atoms with Crippen molar-refractivity contribution in [2.24, 2.45) is 0 Å². The minimum absolute atomic E-state index is 0.294. The van der Waals surface area contributed by atoms with Crippen LogP contribution in [0.1, 0.15) is 12.0 Å². The Hall–Kier alpha value is -1.11. The van der Waals surface area contributed by atoms with Crippen LogP contribution in [0.5, 0.6) is 0 Å². The fourth-order valence-corrected chi connectivity index (χ4v) is 1.48. The molecule has 0 amide bonds. The van der Waals surface area contributed by atoms with E-state index in [2.05, 4.69) is 15.9 Å².